The average Bonchev–Trinajstić information content (AvgIpc) is 2.59. The molecule has 0 aliphatic carbocycles. The molecule has 1 N–H and O–H groups in total. The summed E-state index contributed by atoms with van der Waals surface area (Å²) in [6.45, 7) is 2.47. The van der Waals surface area contributed by atoms with E-state index in [1.54, 1.807) is 48.5 Å². The Hall–Kier alpha value is -2.38. The molecule has 7 heteroatoms. The molecule has 0 radical (unpaired) electrons. The first kappa shape index (κ1) is 19.9. The third-order valence-electron chi connectivity index (χ3n) is 3.71. The van der Waals surface area contributed by atoms with Gasteiger partial charge in [0, 0.05) is 12.9 Å². The van der Waals surface area contributed by atoms with Crippen LogP contribution in [0.2, 0.25) is 0 Å². The SMILES string of the molecule is CCO[C@H](CC(=O)O)c1ccc(OCc2cccc(S(C)(=O)=O)c2)cc1. The molecule has 6 nitrogen and oxygen atoms in total. The van der Waals surface area contributed by atoms with Crippen LogP contribution < -0.4 is 4.74 Å². The van der Waals surface area contributed by atoms with Gasteiger partial charge >= 0.3 is 5.97 Å². The number of sulfone groups is 1. The maximum absolute atomic E-state index is 11.6. The Morgan fingerprint density at radius 2 is 1.85 bits per heavy atom. The van der Waals surface area contributed by atoms with Crippen LogP contribution in [0.1, 0.15) is 30.6 Å². The standard InChI is InChI=1S/C19H22O6S/c1-3-24-18(12-19(20)21)15-7-9-16(10-8-15)25-13-14-5-4-6-17(11-14)26(2,22)23/h4-11,18H,3,12-13H2,1-2H3,(H,20,21)/t18-/m1/s1. The largest absolute Gasteiger partial charge is 0.489 e. The summed E-state index contributed by atoms with van der Waals surface area (Å²) < 4.78 is 34.3. The average molecular weight is 378 g/mol. The number of carboxylic acid groups (broad SMARTS) is 1. The molecule has 2 aromatic rings. The Balaban J connectivity index is 2.04. The molecule has 1 atom stereocenters. The van der Waals surface area contributed by atoms with E-state index in [1.807, 2.05) is 6.92 Å². The van der Waals surface area contributed by atoms with Crippen LogP contribution in [0.4, 0.5) is 0 Å². The molecule has 0 unspecified atom stereocenters. The third-order valence-corrected chi connectivity index (χ3v) is 4.82. The molecule has 0 saturated heterocycles. The van der Waals surface area contributed by atoms with E-state index in [4.69, 9.17) is 14.6 Å². The van der Waals surface area contributed by atoms with Crippen LogP contribution in [0.25, 0.3) is 0 Å². The Bertz CT molecular complexity index is 843. The number of carboxylic acids is 1. The van der Waals surface area contributed by atoms with Crippen LogP contribution in [0.15, 0.2) is 53.4 Å². The minimum Gasteiger partial charge on any atom is -0.489 e. The van der Waals surface area contributed by atoms with E-state index in [1.165, 1.54) is 0 Å². The van der Waals surface area contributed by atoms with Gasteiger partial charge in [0.15, 0.2) is 9.84 Å². The molecule has 0 aliphatic heterocycles. The predicted octanol–water partition coefficient (Wildman–Crippen LogP) is 3.22. The van der Waals surface area contributed by atoms with Crippen LogP contribution in [-0.2, 0) is 26.0 Å². The maximum atomic E-state index is 11.6. The maximum Gasteiger partial charge on any atom is 0.306 e. The van der Waals surface area contributed by atoms with Gasteiger partial charge in [-0.25, -0.2) is 8.42 Å². The number of hydrogen-bond donors (Lipinski definition) is 1. The number of rotatable bonds is 9. The first-order chi connectivity index (χ1) is 12.3. The highest BCUT2D eigenvalue weighted by atomic mass is 32.2. The predicted molar refractivity (Wildman–Crippen MR) is 96.9 cm³/mol. The van der Waals surface area contributed by atoms with Gasteiger partial charge in [-0.1, -0.05) is 24.3 Å². The third kappa shape index (κ3) is 5.86. The summed E-state index contributed by atoms with van der Waals surface area (Å²) in [5.74, 6) is -0.321. The van der Waals surface area contributed by atoms with Crippen molar-refractivity contribution >= 4 is 15.8 Å². The lowest BCUT2D eigenvalue weighted by molar-refractivity contribution is -0.140. The van der Waals surface area contributed by atoms with Crippen molar-refractivity contribution in [2.45, 2.75) is 31.0 Å². The first-order valence-electron chi connectivity index (χ1n) is 8.14. The summed E-state index contributed by atoms with van der Waals surface area (Å²) in [5.41, 5.74) is 1.51. The van der Waals surface area contributed by atoms with Crippen LogP contribution >= 0.6 is 0 Å². The quantitative estimate of drug-likeness (QED) is 0.720. The van der Waals surface area contributed by atoms with Gasteiger partial charge in [0.1, 0.15) is 12.4 Å². The molecular weight excluding hydrogens is 356 g/mol. The van der Waals surface area contributed by atoms with Gasteiger partial charge in [-0.05, 0) is 42.3 Å². The molecule has 0 aromatic heterocycles. The number of carbonyl (C=O) groups is 1. The Morgan fingerprint density at radius 1 is 1.15 bits per heavy atom. The highest BCUT2D eigenvalue weighted by Crippen LogP contribution is 2.24. The van der Waals surface area contributed by atoms with E-state index >= 15 is 0 Å². The molecule has 0 aliphatic rings. The van der Waals surface area contributed by atoms with Crippen LogP contribution in [0, 0.1) is 0 Å². The molecule has 0 fully saturated rings. The van der Waals surface area contributed by atoms with Crippen molar-refractivity contribution in [2.75, 3.05) is 12.9 Å². The lowest BCUT2D eigenvalue weighted by Crippen LogP contribution is -2.10. The number of ether oxygens (including phenoxy) is 2. The van der Waals surface area contributed by atoms with Gasteiger partial charge in [0.25, 0.3) is 0 Å². The number of benzene rings is 2. The zero-order valence-electron chi connectivity index (χ0n) is 14.7. The van der Waals surface area contributed by atoms with Crippen LogP contribution in [-0.4, -0.2) is 32.4 Å². The van der Waals surface area contributed by atoms with Crippen molar-refractivity contribution in [3.8, 4) is 5.75 Å². The van der Waals surface area contributed by atoms with Gasteiger partial charge < -0.3 is 14.6 Å². The fraction of sp³-hybridized carbons (Fsp3) is 0.316. The fourth-order valence-electron chi connectivity index (χ4n) is 2.44. The molecule has 0 saturated carbocycles. The lowest BCUT2D eigenvalue weighted by Gasteiger charge is -2.16. The second-order valence-corrected chi connectivity index (χ2v) is 7.83. The number of aliphatic carboxylic acids is 1. The zero-order chi connectivity index (χ0) is 19.2. The van der Waals surface area contributed by atoms with Crippen LogP contribution in [0.5, 0.6) is 5.75 Å². The Kier molecular flexibility index (Phi) is 6.76. The van der Waals surface area contributed by atoms with Crippen molar-refractivity contribution in [3.05, 3.63) is 59.7 Å². The van der Waals surface area contributed by atoms with E-state index < -0.39 is 21.9 Å². The molecule has 2 rings (SSSR count). The molecule has 26 heavy (non-hydrogen) atoms. The highest BCUT2D eigenvalue weighted by molar-refractivity contribution is 7.90. The minimum absolute atomic E-state index is 0.105. The molecule has 2 aromatic carbocycles. The van der Waals surface area contributed by atoms with Gasteiger partial charge in [-0.3, -0.25) is 4.79 Å². The van der Waals surface area contributed by atoms with E-state index in [-0.39, 0.29) is 17.9 Å². The molecular formula is C19H22O6S. The second-order valence-electron chi connectivity index (χ2n) is 5.82. The lowest BCUT2D eigenvalue weighted by atomic mass is 10.1. The Labute approximate surface area is 153 Å². The molecule has 140 valence electrons. The smallest absolute Gasteiger partial charge is 0.306 e. The highest BCUT2D eigenvalue weighted by Gasteiger charge is 2.15. The summed E-state index contributed by atoms with van der Waals surface area (Å²) in [6, 6.07) is 13.6. The van der Waals surface area contributed by atoms with Crippen molar-refractivity contribution in [1.29, 1.82) is 0 Å². The summed E-state index contributed by atoms with van der Waals surface area (Å²) in [7, 11) is -3.26. The van der Waals surface area contributed by atoms with Crippen LogP contribution in [0.3, 0.4) is 0 Å². The summed E-state index contributed by atoms with van der Waals surface area (Å²) in [4.78, 5) is 11.2. The van der Waals surface area contributed by atoms with E-state index in [0.717, 1.165) is 17.4 Å². The zero-order valence-corrected chi connectivity index (χ0v) is 15.5. The fourth-order valence-corrected chi connectivity index (χ4v) is 3.14. The van der Waals surface area contributed by atoms with Crippen molar-refractivity contribution < 1.29 is 27.8 Å². The van der Waals surface area contributed by atoms with Gasteiger partial charge in [0.2, 0.25) is 0 Å². The summed E-state index contributed by atoms with van der Waals surface area (Å²) in [5, 5.41) is 8.97. The summed E-state index contributed by atoms with van der Waals surface area (Å²) in [6.07, 6.45) is 0.558. The molecule has 0 amide bonds. The summed E-state index contributed by atoms with van der Waals surface area (Å²) >= 11 is 0. The topological polar surface area (TPSA) is 89.9 Å². The van der Waals surface area contributed by atoms with Gasteiger partial charge in [0.05, 0.1) is 17.4 Å². The normalized spacial score (nSPS) is 12.5. The number of hydrogen-bond acceptors (Lipinski definition) is 5. The minimum atomic E-state index is -3.26. The molecule has 0 bridgehead atoms. The molecule has 0 heterocycles. The Morgan fingerprint density at radius 3 is 2.42 bits per heavy atom. The monoisotopic (exact) mass is 378 g/mol. The van der Waals surface area contributed by atoms with E-state index in [0.29, 0.717) is 12.4 Å². The van der Waals surface area contributed by atoms with Crippen molar-refractivity contribution in [3.63, 3.8) is 0 Å². The van der Waals surface area contributed by atoms with Crippen molar-refractivity contribution in [2.24, 2.45) is 0 Å². The van der Waals surface area contributed by atoms with Gasteiger partial charge in [-0.15, -0.1) is 0 Å². The second kappa shape index (κ2) is 8.82. The van der Waals surface area contributed by atoms with E-state index in [9.17, 15) is 13.2 Å². The molecule has 0 spiro atoms. The van der Waals surface area contributed by atoms with Gasteiger partial charge in [-0.2, -0.15) is 0 Å². The first-order valence-corrected chi connectivity index (χ1v) is 10.0. The van der Waals surface area contributed by atoms with Crippen molar-refractivity contribution in [1.82, 2.24) is 0 Å². The van der Waals surface area contributed by atoms with E-state index in [2.05, 4.69) is 0 Å².